The van der Waals surface area contributed by atoms with Crippen molar-refractivity contribution in [1.29, 1.82) is 0 Å². The van der Waals surface area contributed by atoms with Gasteiger partial charge >= 0.3 is 12.1 Å². The van der Waals surface area contributed by atoms with Gasteiger partial charge in [0.2, 0.25) is 5.95 Å². The fourth-order valence-electron chi connectivity index (χ4n) is 3.53. The van der Waals surface area contributed by atoms with Crippen molar-refractivity contribution >= 4 is 17.9 Å². The molecule has 0 spiro atoms. The number of hydrogen-bond acceptors (Lipinski definition) is 5. The molecule has 0 bridgehead atoms. The molecule has 1 amide bonds. The van der Waals surface area contributed by atoms with E-state index < -0.39 is 18.0 Å². The molecule has 0 aliphatic heterocycles. The molecule has 1 heterocycles. The number of hydrogen-bond donors (Lipinski definition) is 3. The zero-order valence-corrected chi connectivity index (χ0v) is 15.9. The molecular weight excluding hydrogens is 377 g/mol. The molecular formula is C21H24FN3O4. The Morgan fingerprint density at radius 1 is 1.17 bits per heavy atom. The highest BCUT2D eigenvalue weighted by molar-refractivity contribution is 5.93. The lowest BCUT2D eigenvalue weighted by Crippen LogP contribution is -2.26. The van der Waals surface area contributed by atoms with Gasteiger partial charge in [0, 0.05) is 12.6 Å². The van der Waals surface area contributed by atoms with Gasteiger partial charge in [-0.3, -0.25) is 0 Å². The summed E-state index contributed by atoms with van der Waals surface area (Å²) in [4.78, 5) is 26.7. The summed E-state index contributed by atoms with van der Waals surface area (Å²) < 4.78 is 18.6. The Bertz CT molecular complexity index is 847. The predicted octanol–water partition coefficient (Wildman–Crippen LogP) is 3.82. The molecule has 0 saturated heterocycles. The number of nitrogens with zero attached hydrogens (tertiary/aromatic N) is 1. The monoisotopic (exact) mass is 401 g/mol. The number of carboxylic acid groups (broad SMARTS) is 1. The van der Waals surface area contributed by atoms with E-state index in [0.29, 0.717) is 12.5 Å². The lowest BCUT2D eigenvalue weighted by molar-refractivity contribution is 0.0697. The minimum atomic E-state index is -1.15. The maximum Gasteiger partial charge on any atom is 0.407 e. The highest BCUT2D eigenvalue weighted by Gasteiger charge is 2.26. The molecule has 1 fully saturated rings. The van der Waals surface area contributed by atoms with Gasteiger partial charge in [-0.05, 0) is 49.3 Å². The van der Waals surface area contributed by atoms with Crippen molar-refractivity contribution in [3.05, 3.63) is 59.5 Å². The van der Waals surface area contributed by atoms with E-state index in [-0.39, 0.29) is 24.0 Å². The largest absolute Gasteiger partial charge is 0.478 e. The molecule has 1 aliphatic rings. The van der Waals surface area contributed by atoms with Crippen molar-refractivity contribution in [1.82, 2.24) is 10.3 Å². The molecule has 1 aromatic carbocycles. The van der Waals surface area contributed by atoms with E-state index in [1.807, 2.05) is 30.3 Å². The van der Waals surface area contributed by atoms with Crippen molar-refractivity contribution in [2.45, 2.75) is 38.3 Å². The third kappa shape index (κ3) is 6.17. The van der Waals surface area contributed by atoms with E-state index >= 15 is 0 Å². The van der Waals surface area contributed by atoms with Gasteiger partial charge in [0.1, 0.15) is 18.0 Å². The molecule has 2 unspecified atom stereocenters. The molecule has 2 aromatic rings. The number of ether oxygens (including phenoxy) is 1. The molecule has 29 heavy (non-hydrogen) atoms. The van der Waals surface area contributed by atoms with E-state index in [4.69, 9.17) is 4.74 Å². The summed E-state index contributed by atoms with van der Waals surface area (Å²) in [5.74, 6) is -1.42. The fraction of sp³-hybridized carbons (Fsp3) is 0.381. The van der Waals surface area contributed by atoms with Crippen molar-refractivity contribution < 1.29 is 23.8 Å². The maximum absolute atomic E-state index is 13.4. The van der Waals surface area contributed by atoms with Gasteiger partial charge in [-0.1, -0.05) is 30.3 Å². The smallest absolute Gasteiger partial charge is 0.407 e. The van der Waals surface area contributed by atoms with Crippen LogP contribution in [0.2, 0.25) is 0 Å². The predicted molar refractivity (Wildman–Crippen MR) is 105 cm³/mol. The Kier molecular flexibility index (Phi) is 6.99. The Balaban J connectivity index is 1.39. The number of rotatable bonds is 8. The second-order valence-corrected chi connectivity index (χ2v) is 7.13. The highest BCUT2D eigenvalue weighted by atomic mass is 19.1. The van der Waals surface area contributed by atoms with Gasteiger partial charge in [0.05, 0.1) is 0 Å². The summed E-state index contributed by atoms with van der Waals surface area (Å²) in [5.41, 5.74) is 0.886. The minimum Gasteiger partial charge on any atom is -0.478 e. The summed E-state index contributed by atoms with van der Waals surface area (Å²) in [6, 6.07) is 11.7. The SMILES string of the molecule is O=C(NCCC1CCC(Nc2nc(F)ccc2C(=O)O)C1)OCc1ccccc1. The number of benzene rings is 1. The summed E-state index contributed by atoms with van der Waals surface area (Å²) in [5, 5.41) is 15.0. The van der Waals surface area contributed by atoms with Crippen LogP contribution in [0.25, 0.3) is 0 Å². The molecule has 1 aliphatic carbocycles. The second-order valence-electron chi connectivity index (χ2n) is 7.13. The Morgan fingerprint density at radius 3 is 2.72 bits per heavy atom. The average molecular weight is 401 g/mol. The highest BCUT2D eigenvalue weighted by Crippen LogP contribution is 2.30. The normalized spacial score (nSPS) is 18.2. The number of amides is 1. The fourth-order valence-corrected chi connectivity index (χ4v) is 3.53. The topological polar surface area (TPSA) is 101 Å². The third-order valence-electron chi connectivity index (χ3n) is 5.01. The quantitative estimate of drug-likeness (QED) is 0.582. The Labute approximate surface area is 168 Å². The number of halogens is 1. The van der Waals surface area contributed by atoms with Gasteiger partial charge in [-0.2, -0.15) is 4.39 Å². The van der Waals surface area contributed by atoms with Gasteiger partial charge in [0.25, 0.3) is 0 Å². The van der Waals surface area contributed by atoms with E-state index in [2.05, 4.69) is 15.6 Å². The third-order valence-corrected chi connectivity index (χ3v) is 5.01. The van der Waals surface area contributed by atoms with E-state index in [1.165, 1.54) is 6.07 Å². The zero-order valence-electron chi connectivity index (χ0n) is 15.9. The lowest BCUT2D eigenvalue weighted by atomic mass is 10.0. The molecule has 3 N–H and O–H groups in total. The molecule has 3 rings (SSSR count). The van der Waals surface area contributed by atoms with Crippen LogP contribution in [0.5, 0.6) is 0 Å². The number of aromatic nitrogens is 1. The van der Waals surface area contributed by atoms with Crippen LogP contribution in [-0.4, -0.2) is 34.7 Å². The first-order valence-corrected chi connectivity index (χ1v) is 9.62. The second kappa shape index (κ2) is 9.86. The number of carboxylic acids is 1. The van der Waals surface area contributed by atoms with Crippen LogP contribution >= 0.6 is 0 Å². The average Bonchev–Trinajstić information content (AvgIpc) is 3.14. The number of nitrogens with one attached hydrogen (secondary N) is 2. The minimum absolute atomic E-state index is 0.0254. The lowest BCUT2D eigenvalue weighted by Gasteiger charge is -2.16. The van der Waals surface area contributed by atoms with Crippen LogP contribution in [0, 0.1) is 11.9 Å². The van der Waals surface area contributed by atoms with Gasteiger partial charge in [-0.15, -0.1) is 0 Å². The maximum atomic E-state index is 13.4. The first-order chi connectivity index (χ1) is 14.0. The molecule has 1 saturated carbocycles. The molecule has 154 valence electrons. The van der Waals surface area contributed by atoms with Crippen LogP contribution in [0.3, 0.4) is 0 Å². The zero-order chi connectivity index (χ0) is 20.6. The van der Waals surface area contributed by atoms with Crippen LogP contribution in [-0.2, 0) is 11.3 Å². The first-order valence-electron chi connectivity index (χ1n) is 9.62. The summed E-state index contributed by atoms with van der Waals surface area (Å²) in [6.45, 7) is 0.734. The summed E-state index contributed by atoms with van der Waals surface area (Å²) in [7, 11) is 0. The summed E-state index contributed by atoms with van der Waals surface area (Å²) >= 11 is 0. The number of anilines is 1. The van der Waals surface area contributed by atoms with Gasteiger partial charge in [-0.25, -0.2) is 14.6 Å². The van der Waals surface area contributed by atoms with E-state index in [0.717, 1.165) is 37.3 Å². The summed E-state index contributed by atoms with van der Waals surface area (Å²) in [6.07, 6.45) is 2.92. The van der Waals surface area contributed by atoms with Crippen LogP contribution in [0.4, 0.5) is 15.0 Å². The molecule has 8 heteroatoms. The van der Waals surface area contributed by atoms with E-state index in [9.17, 15) is 19.1 Å². The Morgan fingerprint density at radius 2 is 1.97 bits per heavy atom. The molecule has 2 atom stereocenters. The van der Waals surface area contributed by atoms with Crippen LogP contribution < -0.4 is 10.6 Å². The standard InChI is InChI=1S/C21H24FN3O4/c22-18-9-8-17(20(26)27)19(25-18)24-16-7-6-14(12-16)10-11-23-21(28)29-13-15-4-2-1-3-5-15/h1-5,8-9,14,16H,6-7,10-13H2,(H,23,28)(H,24,25)(H,26,27). The number of carbonyl (C=O) groups is 2. The number of alkyl carbamates (subject to hydrolysis) is 1. The van der Waals surface area contributed by atoms with Gasteiger partial charge in [0.15, 0.2) is 0 Å². The van der Waals surface area contributed by atoms with Crippen molar-refractivity contribution in [2.75, 3.05) is 11.9 Å². The molecule has 7 nitrogen and oxygen atoms in total. The van der Waals surface area contributed by atoms with Crippen LogP contribution in [0.1, 0.15) is 41.6 Å². The molecule has 0 radical (unpaired) electrons. The number of aromatic carboxylic acids is 1. The van der Waals surface area contributed by atoms with Crippen molar-refractivity contribution in [3.63, 3.8) is 0 Å². The van der Waals surface area contributed by atoms with Crippen LogP contribution in [0.15, 0.2) is 42.5 Å². The van der Waals surface area contributed by atoms with E-state index in [1.54, 1.807) is 0 Å². The number of pyridine rings is 1. The van der Waals surface area contributed by atoms with Crippen molar-refractivity contribution in [3.8, 4) is 0 Å². The number of carbonyl (C=O) groups excluding carboxylic acids is 1. The Hall–Kier alpha value is -3.16. The first kappa shape index (κ1) is 20.6. The molecule has 1 aromatic heterocycles. The van der Waals surface area contributed by atoms with Gasteiger partial charge < -0.3 is 20.5 Å². The van der Waals surface area contributed by atoms with Crippen molar-refractivity contribution in [2.24, 2.45) is 5.92 Å².